The Balaban J connectivity index is 1.24. The van der Waals surface area contributed by atoms with E-state index in [9.17, 15) is 0 Å². The highest BCUT2D eigenvalue weighted by atomic mass is 32.1. The summed E-state index contributed by atoms with van der Waals surface area (Å²) in [5.74, 6) is 2.18. The summed E-state index contributed by atoms with van der Waals surface area (Å²) in [5, 5.41) is 1.27. The van der Waals surface area contributed by atoms with Crippen LogP contribution in [-0.4, -0.2) is 36.8 Å². The number of benzene rings is 1. The van der Waals surface area contributed by atoms with Gasteiger partial charge in [-0.25, -0.2) is 10.4 Å². The summed E-state index contributed by atoms with van der Waals surface area (Å²) in [7, 11) is 2.20. The Labute approximate surface area is 163 Å². The van der Waals surface area contributed by atoms with Crippen LogP contribution in [0.1, 0.15) is 40.0 Å². The van der Waals surface area contributed by atoms with Gasteiger partial charge in [-0.2, -0.15) is 0 Å². The fourth-order valence-electron chi connectivity index (χ4n) is 4.34. The van der Waals surface area contributed by atoms with Crippen LogP contribution in [0.4, 0.5) is 0 Å². The largest absolute Gasteiger partial charge is 0.454 e. The third-order valence-electron chi connectivity index (χ3n) is 5.69. The number of thiazole rings is 1. The average Bonchev–Trinajstić information content (AvgIpc) is 3.39. The Morgan fingerprint density at radius 3 is 3.04 bits per heavy atom. The second-order valence-electron chi connectivity index (χ2n) is 7.76. The summed E-state index contributed by atoms with van der Waals surface area (Å²) >= 11 is 1.92. The minimum absolute atomic E-state index is 0.270. The number of aromatic nitrogens is 1. The molecule has 3 aliphatic rings. The fraction of sp³-hybridized carbons (Fsp3) is 0.550. The Hall–Kier alpha value is -1.67. The van der Waals surface area contributed by atoms with Crippen LogP contribution < -0.4 is 20.3 Å². The quantitative estimate of drug-likeness (QED) is 0.824. The molecule has 2 aromatic rings. The van der Waals surface area contributed by atoms with Gasteiger partial charge in [0.25, 0.3) is 0 Å². The fourth-order valence-corrected chi connectivity index (χ4v) is 5.57. The molecule has 1 aromatic heterocycles. The number of nitrogens with zero attached hydrogens (tertiary/aromatic N) is 2. The Morgan fingerprint density at radius 2 is 2.11 bits per heavy atom. The van der Waals surface area contributed by atoms with Crippen molar-refractivity contribution in [2.75, 3.05) is 26.9 Å². The van der Waals surface area contributed by atoms with Gasteiger partial charge in [-0.1, -0.05) is 6.07 Å². The highest BCUT2D eigenvalue weighted by molar-refractivity contribution is 7.11. The molecule has 5 rings (SSSR count). The Kier molecular flexibility index (Phi) is 4.77. The third-order valence-corrected chi connectivity index (χ3v) is 6.83. The predicted molar refractivity (Wildman–Crippen MR) is 105 cm³/mol. The molecule has 1 saturated heterocycles. The summed E-state index contributed by atoms with van der Waals surface area (Å²) in [6.07, 6.45) is 5.00. The van der Waals surface area contributed by atoms with Crippen LogP contribution in [-0.2, 0) is 19.4 Å². The lowest BCUT2D eigenvalue weighted by Crippen LogP contribution is -2.30. The van der Waals surface area contributed by atoms with Crippen molar-refractivity contribution in [3.8, 4) is 11.5 Å². The molecule has 27 heavy (non-hydrogen) atoms. The van der Waals surface area contributed by atoms with E-state index in [0.29, 0.717) is 12.7 Å². The first-order chi connectivity index (χ1) is 13.3. The molecular weight excluding hydrogens is 360 g/mol. The SMILES string of the molecule is CN(Cc1nc2c(s1)CCCC2)CC1CNNC1c1ccc2c(c1)OCO2. The maximum absolute atomic E-state index is 5.55. The van der Waals surface area contributed by atoms with Crippen LogP contribution in [0.5, 0.6) is 11.5 Å². The summed E-state index contributed by atoms with van der Waals surface area (Å²) in [5.41, 5.74) is 9.37. The lowest BCUT2D eigenvalue weighted by Gasteiger charge is -2.24. The van der Waals surface area contributed by atoms with Crippen LogP contribution in [0.15, 0.2) is 18.2 Å². The van der Waals surface area contributed by atoms with Gasteiger partial charge < -0.3 is 9.47 Å². The molecule has 0 bridgehead atoms. The molecular formula is C20H26N4O2S. The monoisotopic (exact) mass is 386 g/mol. The van der Waals surface area contributed by atoms with E-state index in [1.165, 1.54) is 40.4 Å². The van der Waals surface area contributed by atoms with E-state index < -0.39 is 0 Å². The zero-order valence-corrected chi connectivity index (χ0v) is 16.5. The van der Waals surface area contributed by atoms with Gasteiger partial charge in [0.15, 0.2) is 11.5 Å². The number of aryl methyl sites for hydroxylation is 2. The predicted octanol–water partition coefficient (Wildman–Crippen LogP) is 2.65. The molecule has 6 nitrogen and oxygen atoms in total. The molecule has 2 unspecified atom stereocenters. The van der Waals surface area contributed by atoms with Gasteiger partial charge in [-0.05, 0) is 50.4 Å². The molecule has 1 aliphatic carbocycles. The van der Waals surface area contributed by atoms with E-state index >= 15 is 0 Å². The molecule has 0 radical (unpaired) electrons. The number of hydrogen-bond acceptors (Lipinski definition) is 7. The van der Waals surface area contributed by atoms with Gasteiger partial charge >= 0.3 is 0 Å². The minimum Gasteiger partial charge on any atom is -0.454 e. The maximum atomic E-state index is 5.55. The summed E-state index contributed by atoms with van der Waals surface area (Å²) in [6, 6.07) is 6.53. The number of nitrogens with one attached hydrogen (secondary N) is 2. The molecule has 2 N–H and O–H groups in total. The number of ether oxygens (including phenoxy) is 2. The standard InChI is InChI=1S/C20H26N4O2S/c1-24(11-19-22-15-4-2-3-5-18(15)27-19)10-14-9-21-23-20(14)13-6-7-16-17(8-13)26-12-25-16/h6-8,14,20-21,23H,2-5,9-12H2,1H3. The van der Waals surface area contributed by atoms with Crippen molar-refractivity contribution >= 4 is 11.3 Å². The number of hydrazine groups is 1. The molecule has 2 aliphatic heterocycles. The summed E-state index contributed by atoms with van der Waals surface area (Å²) in [4.78, 5) is 8.82. The Morgan fingerprint density at radius 1 is 1.22 bits per heavy atom. The first kappa shape index (κ1) is 17.4. The number of fused-ring (bicyclic) bond motifs is 2. The van der Waals surface area contributed by atoms with Gasteiger partial charge in [0.05, 0.1) is 18.3 Å². The van der Waals surface area contributed by atoms with E-state index in [4.69, 9.17) is 14.5 Å². The molecule has 0 spiro atoms. The lowest BCUT2D eigenvalue weighted by molar-refractivity contribution is 0.174. The van der Waals surface area contributed by atoms with Crippen molar-refractivity contribution in [2.24, 2.45) is 5.92 Å². The van der Waals surface area contributed by atoms with E-state index in [0.717, 1.165) is 37.6 Å². The van der Waals surface area contributed by atoms with E-state index in [2.05, 4.69) is 34.9 Å². The van der Waals surface area contributed by atoms with Crippen LogP contribution in [0, 0.1) is 5.92 Å². The highest BCUT2D eigenvalue weighted by Crippen LogP contribution is 2.36. The summed E-state index contributed by atoms with van der Waals surface area (Å²) in [6.45, 7) is 3.22. The average molecular weight is 387 g/mol. The molecule has 2 atom stereocenters. The first-order valence-corrected chi connectivity index (χ1v) is 10.6. The van der Waals surface area contributed by atoms with Crippen molar-refractivity contribution in [1.29, 1.82) is 0 Å². The van der Waals surface area contributed by atoms with Crippen molar-refractivity contribution in [1.82, 2.24) is 20.7 Å². The first-order valence-electron chi connectivity index (χ1n) is 9.80. The van der Waals surface area contributed by atoms with Crippen LogP contribution >= 0.6 is 11.3 Å². The molecule has 144 valence electrons. The number of rotatable bonds is 5. The highest BCUT2D eigenvalue weighted by Gasteiger charge is 2.30. The smallest absolute Gasteiger partial charge is 0.231 e. The molecule has 3 heterocycles. The molecule has 1 fully saturated rings. The Bertz CT molecular complexity index is 801. The van der Waals surface area contributed by atoms with Crippen molar-refractivity contribution in [3.63, 3.8) is 0 Å². The van der Waals surface area contributed by atoms with E-state index in [-0.39, 0.29) is 6.04 Å². The van der Waals surface area contributed by atoms with Gasteiger partial charge in [0.2, 0.25) is 6.79 Å². The van der Waals surface area contributed by atoms with Gasteiger partial charge in [-0.3, -0.25) is 10.3 Å². The minimum atomic E-state index is 0.270. The molecule has 1 aromatic carbocycles. The van der Waals surface area contributed by atoms with Crippen molar-refractivity contribution < 1.29 is 9.47 Å². The van der Waals surface area contributed by atoms with Crippen molar-refractivity contribution in [2.45, 2.75) is 38.3 Å². The van der Waals surface area contributed by atoms with Gasteiger partial charge in [-0.15, -0.1) is 11.3 Å². The zero-order valence-electron chi connectivity index (χ0n) is 15.7. The van der Waals surface area contributed by atoms with Crippen molar-refractivity contribution in [3.05, 3.63) is 39.3 Å². The van der Waals surface area contributed by atoms with Gasteiger partial charge in [0.1, 0.15) is 5.01 Å². The topological polar surface area (TPSA) is 58.7 Å². The van der Waals surface area contributed by atoms with Crippen LogP contribution in [0.25, 0.3) is 0 Å². The molecule has 0 saturated carbocycles. The summed E-state index contributed by atoms with van der Waals surface area (Å²) < 4.78 is 11.0. The van der Waals surface area contributed by atoms with Gasteiger partial charge in [0, 0.05) is 23.9 Å². The van der Waals surface area contributed by atoms with Crippen LogP contribution in [0.3, 0.4) is 0 Å². The number of hydrogen-bond donors (Lipinski definition) is 2. The maximum Gasteiger partial charge on any atom is 0.231 e. The zero-order chi connectivity index (χ0) is 18.2. The normalized spacial score (nSPS) is 23.8. The molecule has 0 amide bonds. The molecule has 7 heteroatoms. The lowest BCUT2D eigenvalue weighted by atomic mass is 9.94. The second kappa shape index (κ2) is 7.39. The second-order valence-corrected chi connectivity index (χ2v) is 8.93. The third kappa shape index (κ3) is 3.57. The van der Waals surface area contributed by atoms with E-state index in [1.54, 1.807) is 0 Å². The van der Waals surface area contributed by atoms with Crippen LogP contribution in [0.2, 0.25) is 0 Å². The van der Waals surface area contributed by atoms with E-state index in [1.807, 2.05) is 17.4 Å².